The van der Waals surface area contributed by atoms with E-state index in [1.165, 1.54) is 5.56 Å². The number of aryl methyl sites for hydroxylation is 1. The number of fused-ring (bicyclic) bond motifs is 1. The van der Waals surface area contributed by atoms with Crippen LogP contribution >= 0.6 is 0 Å². The zero-order chi connectivity index (χ0) is 23.5. The highest BCUT2D eigenvalue weighted by atomic mass is 16.4. The van der Waals surface area contributed by atoms with Gasteiger partial charge >= 0.3 is 0 Å². The number of hydrogen-bond donors (Lipinski definition) is 2. The number of aromatic nitrogens is 3. The van der Waals surface area contributed by atoms with Gasteiger partial charge in [0.25, 0.3) is 0 Å². The third-order valence-corrected chi connectivity index (χ3v) is 5.93. The summed E-state index contributed by atoms with van der Waals surface area (Å²) in [6, 6.07) is 12.1. The van der Waals surface area contributed by atoms with Crippen LogP contribution in [0.4, 0.5) is 5.95 Å². The van der Waals surface area contributed by atoms with Gasteiger partial charge in [0.1, 0.15) is 11.5 Å². The van der Waals surface area contributed by atoms with Gasteiger partial charge in [-0.05, 0) is 56.3 Å². The van der Waals surface area contributed by atoms with Crippen LogP contribution in [0, 0.1) is 0 Å². The Bertz CT molecular complexity index is 1310. The maximum absolute atomic E-state index is 9.26. The summed E-state index contributed by atoms with van der Waals surface area (Å²) in [5.41, 5.74) is 6.68. The fourth-order valence-corrected chi connectivity index (χ4v) is 4.14. The Balaban J connectivity index is 1.50. The van der Waals surface area contributed by atoms with Crippen molar-refractivity contribution in [3.05, 3.63) is 72.3 Å². The van der Waals surface area contributed by atoms with Crippen LogP contribution in [-0.2, 0) is 6.42 Å². The van der Waals surface area contributed by atoms with Gasteiger partial charge in [-0.2, -0.15) is 0 Å². The molecule has 34 heavy (non-hydrogen) atoms. The van der Waals surface area contributed by atoms with E-state index in [-0.39, 0.29) is 0 Å². The molecule has 8 heteroatoms. The second-order valence-electron chi connectivity index (χ2n) is 8.53. The molecule has 0 spiro atoms. The van der Waals surface area contributed by atoms with E-state index in [9.17, 15) is 5.21 Å². The predicted molar refractivity (Wildman–Crippen MR) is 132 cm³/mol. The summed E-state index contributed by atoms with van der Waals surface area (Å²) < 4.78 is 6.36. The number of furan rings is 1. The van der Waals surface area contributed by atoms with Gasteiger partial charge in [-0.25, -0.2) is 9.97 Å². The van der Waals surface area contributed by atoms with Crippen LogP contribution in [0.3, 0.4) is 0 Å². The Morgan fingerprint density at radius 1 is 0.971 bits per heavy atom. The largest absolute Gasteiger partial charge is 0.455 e. The lowest BCUT2D eigenvalue weighted by Crippen LogP contribution is -2.21. The Kier molecular flexibility index (Phi) is 6.05. The average Bonchev–Trinajstić information content (AvgIpc) is 3.49. The van der Waals surface area contributed by atoms with Crippen LogP contribution in [0.25, 0.3) is 33.8 Å². The Morgan fingerprint density at radius 3 is 2.50 bits per heavy atom. The zero-order valence-electron chi connectivity index (χ0n) is 19.2. The van der Waals surface area contributed by atoms with E-state index in [2.05, 4.69) is 36.4 Å². The summed E-state index contributed by atoms with van der Waals surface area (Å²) in [5.74, 6) is 2.05. The minimum absolute atomic E-state index is 0.590. The van der Waals surface area contributed by atoms with Crippen molar-refractivity contribution in [1.29, 1.82) is 0 Å². The smallest absolute Gasteiger partial charge is 0.222 e. The monoisotopic (exact) mass is 454 g/mol. The summed E-state index contributed by atoms with van der Waals surface area (Å²) in [5, 5.41) is 15.9. The highest BCUT2D eigenvalue weighted by molar-refractivity contribution is 6.04. The summed E-state index contributed by atoms with van der Waals surface area (Å²) in [4.78, 5) is 15.1. The third-order valence-electron chi connectivity index (χ3n) is 5.93. The van der Waals surface area contributed by atoms with Crippen molar-refractivity contribution in [2.75, 3.05) is 32.5 Å². The molecule has 3 heterocycles. The lowest BCUT2D eigenvalue weighted by atomic mass is 9.98. The lowest BCUT2D eigenvalue weighted by Gasteiger charge is -2.10. The van der Waals surface area contributed by atoms with Crippen LogP contribution in [0.1, 0.15) is 17.5 Å². The Labute approximate surface area is 198 Å². The minimum Gasteiger partial charge on any atom is -0.455 e. The first-order chi connectivity index (χ1) is 16.6. The van der Waals surface area contributed by atoms with Crippen LogP contribution in [0.2, 0.25) is 0 Å². The van der Waals surface area contributed by atoms with E-state index in [0.717, 1.165) is 65.2 Å². The quantitative estimate of drug-likeness (QED) is 0.312. The highest BCUT2D eigenvalue weighted by Crippen LogP contribution is 2.40. The van der Waals surface area contributed by atoms with Crippen molar-refractivity contribution in [3.8, 4) is 33.8 Å². The maximum Gasteiger partial charge on any atom is 0.222 e. The van der Waals surface area contributed by atoms with E-state index in [0.29, 0.717) is 11.7 Å². The second-order valence-corrected chi connectivity index (χ2v) is 8.53. The minimum atomic E-state index is 0.590. The van der Waals surface area contributed by atoms with E-state index in [1.54, 1.807) is 24.8 Å². The van der Waals surface area contributed by atoms with Crippen molar-refractivity contribution < 1.29 is 9.62 Å². The van der Waals surface area contributed by atoms with Gasteiger partial charge in [-0.15, -0.1) is 0 Å². The number of oxime groups is 1. The number of hydrogen-bond acceptors (Lipinski definition) is 8. The normalized spacial score (nSPS) is 14.0. The molecule has 0 saturated heterocycles. The summed E-state index contributed by atoms with van der Waals surface area (Å²) in [6.45, 7) is 1.67. The van der Waals surface area contributed by atoms with Gasteiger partial charge in [0.2, 0.25) is 5.95 Å². The van der Waals surface area contributed by atoms with Crippen molar-refractivity contribution in [2.45, 2.75) is 12.8 Å². The predicted octanol–water partition coefficient (Wildman–Crippen LogP) is 4.56. The maximum atomic E-state index is 9.26. The topological polar surface area (TPSA) is 99.7 Å². The van der Waals surface area contributed by atoms with Crippen molar-refractivity contribution >= 4 is 11.7 Å². The van der Waals surface area contributed by atoms with E-state index < -0.39 is 0 Å². The molecule has 1 aliphatic carbocycles. The molecular weight excluding hydrogens is 428 g/mol. The molecule has 0 aliphatic heterocycles. The van der Waals surface area contributed by atoms with Crippen molar-refractivity contribution in [3.63, 3.8) is 0 Å². The first-order valence-electron chi connectivity index (χ1n) is 11.2. The molecule has 2 N–H and O–H groups in total. The van der Waals surface area contributed by atoms with Gasteiger partial charge in [-0.3, -0.25) is 4.98 Å². The number of nitrogens with zero attached hydrogens (tertiary/aromatic N) is 5. The second kappa shape index (κ2) is 9.44. The van der Waals surface area contributed by atoms with Gasteiger partial charge < -0.3 is 19.8 Å². The van der Waals surface area contributed by atoms with E-state index >= 15 is 0 Å². The van der Waals surface area contributed by atoms with E-state index in [1.807, 2.05) is 44.4 Å². The lowest BCUT2D eigenvalue weighted by molar-refractivity contribution is 0.318. The fraction of sp³-hybridized carbons (Fsp3) is 0.231. The summed E-state index contributed by atoms with van der Waals surface area (Å²) >= 11 is 0. The number of benzene rings is 1. The number of pyridine rings is 1. The molecular formula is C26H26N6O2. The number of likely N-dealkylation sites (N-methyl/N-ethyl adjacent to an activating group) is 1. The molecule has 0 fully saturated rings. The van der Waals surface area contributed by atoms with Gasteiger partial charge in [-0.1, -0.05) is 23.4 Å². The Hall–Kier alpha value is -4.04. The summed E-state index contributed by atoms with van der Waals surface area (Å²) in [6.07, 6.45) is 8.66. The molecule has 3 aromatic heterocycles. The molecule has 1 aliphatic rings. The number of anilines is 1. The van der Waals surface area contributed by atoms with Gasteiger partial charge in [0.15, 0.2) is 0 Å². The molecule has 1 aromatic carbocycles. The first kappa shape index (κ1) is 21.8. The molecule has 4 aromatic rings. The standard InChI is InChI=1S/C26H26N6O2/c1-32(2)12-11-28-26-29-15-20(16-30-26)24-14-22(25(34-24)17-7-9-27-10-8-17)19-3-5-21-18(13-19)4-6-23(21)31-33/h3,5,7-10,13-16,33H,4,6,11-12H2,1-2H3,(H,28,29,30)/b31-23+. The van der Waals surface area contributed by atoms with Crippen molar-refractivity contribution in [2.24, 2.45) is 5.16 Å². The third kappa shape index (κ3) is 4.40. The molecule has 5 rings (SSSR count). The Morgan fingerprint density at radius 2 is 1.76 bits per heavy atom. The molecule has 0 saturated carbocycles. The fourth-order valence-electron chi connectivity index (χ4n) is 4.14. The molecule has 8 nitrogen and oxygen atoms in total. The summed E-state index contributed by atoms with van der Waals surface area (Å²) in [7, 11) is 4.06. The van der Waals surface area contributed by atoms with E-state index in [4.69, 9.17) is 4.42 Å². The highest BCUT2D eigenvalue weighted by Gasteiger charge is 2.22. The molecule has 0 radical (unpaired) electrons. The molecule has 0 unspecified atom stereocenters. The number of nitrogens with one attached hydrogen (secondary N) is 1. The van der Waals surface area contributed by atoms with Crippen LogP contribution in [-0.4, -0.2) is 58.0 Å². The molecule has 0 amide bonds. The van der Waals surface area contributed by atoms with Gasteiger partial charge in [0.05, 0.1) is 11.3 Å². The number of rotatable bonds is 7. The average molecular weight is 455 g/mol. The van der Waals surface area contributed by atoms with Crippen molar-refractivity contribution in [1.82, 2.24) is 19.9 Å². The molecule has 0 bridgehead atoms. The SMILES string of the molecule is CN(C)CCNc1ncc(-c2cc(-c3ccc4c(c3)CC/C4=N\O)c(-c3ccncc3)o2)cn1. The van der Waals surface area contributed by atoms with Crippen LogP contribution in [0.5, 0.6) is 0 Å². The zero-order valence-corrected chi connectivity index (χ0v) is 19.2. The van der Waals surface area contributed by atoms with Crippen LogP contribution < -0.4 is 5.32 Å². The molecule has 172 valence electrons. The molecule has 0 atom stereocenters. The van der Waals surface area contributed by atoms with Crippen LogP contribution in [0.15, 0.2) is 70.8 Å². The first-order valence-corrected chi connectivity index (χ1v) is 11.2. The van der Waals surface area contributed by atoms with Gasteiger partial charge in [0, 0.05) is 54.6 Å².